The number of hydrogen-bond donors (Lipinski definition) is 3. The molecule has 0 atom stereocenters. The second kappa shape index (κ2) is 3.51. The lowest BCUT2D eigenvalue weighted by molar-refractivity contribution is 0.282. The van der Waals surface area contributed by atoms with E-state index in [1.54, 1.807) is 6.20 Å². The molecule has 0 saturated carbocycles. The minimum atomic E-state index is 0.00903. The van der Waals surface area contributed by atoms with Gasteiger partial charge in [-0.25, -0.2) is 4.98 Å². The van der Waals surface area contributed by atoms with Gasteiger partial charge in [-0.2, -0.15) is 0 Å². The van der Waals surface area contributed by atoms with E-state index < -0.39 is 0 Å². The predicted octanol–water partition coefficient (Wildman–Crippen LogP) is 1.15. The maximum Gasteiger partial charge on any atom is 0.197 e. The molecule has 0 aliphatic carbocycles. The summed E-state index contributed by atoms with van der Waals surface area (Å²) in [7, 11) is 0. The first kappa shape index (κ1) is 8.77. The number of rotatable bonds is 2. The molecule has 1 aromatic carbocycles. The Kier molecular flexibility index (Phi) is 2.20. The Hall–Kier alpha value is -1.81. The molecule has 72 valence electrons. The van der Waals surface area contributed by atoms with Crippen molar-refractivity contribution < 1.29 is 5.11 Å². The number of aromatic amines is 1. The van der Waals surface area contributed by atoms with Crippen LogP contribution in [-0.2, 0) is 6.61 Å². The van der Waals surface area contributed by atoms with Gasteiger partial charge in [-0.05, 0) is 5.56 Å². The fourth-order valence-corrected chi connectivity index (χ4v) is 1.39. The molecule has 0 amide bonds. The topological polar surface area (TPSA) is 74.9 Å². The summed E-state index contributed by atoms with van der Waals surface area (Å²) in [6.45, 7) is 0.00903. The van der Waals surface area contributed by atoms with Gasteiger partial charge >= 0.3 is 0 Å². The molecular weight excluding hydrogens is 178 g/mol. The number of anilines is 1. The lowest BCUT2D eigenvalue weighted by Crippen LogP contribution is -1.89. The number of H-pyrrole nitrogens is 1. The molecule has 0 saturated heterocycles. The van der Waals surface area contributed by atoms with E-state index in [2.05, 4.69) is 9.97 Å². The van der Waals surface area contributed by atoms with Crippen LogP contribution >= 0.6 is 0 Å². The van der Waals surface area contributed by atoms with Gasteiger partial charge < -0.3 is 15.8 Å². The summed E-state index contributed by atoms with van der Waals surface area (Å²) < 4.78 is 0. The number of imidazole rings is 1. The summed E-state index contributed by atoms with van der Waals surface area (Å²) in [6.07, 6.45) is 1.66. The molecule has 2 rings (SSSR count). The van der Waals surface area contributed by atoms with Gasteiger partial charge in [0.05, 0.1) is 18.5 Å². The second-order valence-corrected chi connectivity index (χ2v) is 3.00. The van der Waals surface area contributed by atoms with E-state index in [9.17, 15) is 0 Å². The van der Waals surface area contributed by atoms with Gasteiger partial charge in [0.2, 0.25) is 0 Å². The number of benzene rings is 1. The summed E-state index contributed by atoms with van der Waals surface area (Å²) in [4.78, 5) is 6.83. The lowest BCUT2D eigenvalue weighted by atomic mass is 10.1. The maximum atomic E-state index is 9.12. The highest BCUT2D eigenvalue weighted by molar-refractivity contribution is 5.64. The summed E-state index contributed by atoms with van der Waals surface area (Å²) >= 11 is 0. The summed E-state index contributed by atoms with van der Waals surface area (Å²) in [5.74, 6) is 0.382. The van der Waals surface area contributed by atoms with Gasteiger partial charge in [0.15, 0.2) is 5.95 Å². The number of aliphatic hydroxyl groups excluding tert-OH is 1. The molecule has 1 aromatic heterocycles. The van der Waals surface area contributed by atoms with Crippen LogP contribution in [0.5, 0.6) is 0 Å². The fourth-order valence-electron chi connectivity index (χ4n) is 1.39. The molecule has 14 heavy (non-hydrogen) atoms. The van der Waals surface area contributed by atoms with Crippen molar-refractivity contribution in [2.24, 2.45) is 0 Å². The molecule has 0 bridgehead atoms. The molecule has 0 fully saturated rings. The van der Waals surface area contributed by atoms with Crippen molar-refractivity contribution in [1.82, 2.24) is 9.97 Å². The quantitative estimate of drug-likeness (QED) is 0.663. The highest BCUT2D eigenvalue weighted by Crippen LogP contribution is 2.21. The number of aromatic nitrogens is 2. The fraction of sp³-hybridized carbons (Fsp3) is 0.100. The van der Waals surface area contributed by atoms with Gasteiger partial charge in [-0.1, -0.05) is 24.3 Å². The molecule has 0 aliphatic rings. The molecule has 0 unspecified atom stereocenters. The van der Waals surface area contributed by atoms with Gasteiger partial charge in [0.1, 0.15) is 0 Å². The van der Waals surface area contributed by atoms with Crippen LogP contribution in [0.1, 0.15) is 5.56 Å². The van der Waals surface area contributed by atoms with Crippen LogP contribution < -0.4 is 5.73 Å². The van der Waals surface area contributed by atoms with E-state index in [4.69, 9.17) is 10.8 Å². The largest absolute Gasteiger partial charge is 0.392 e. The summed E-state index contributed by atoms with van der Waals surface area (Å²) in [6, 6.07) is 7.57. The Morgan fingerprint density at radius 1 is 1.36 bits per heavy atom. The van der Waals surface area contributed by atoms with Crippen LogP contribution in [0, 0.1) is 0 Å². The zero-order chi connectivity index (χ0) is 9.97. The van der Waals surface area contributed by atoms with E-state index in [1.807, 2.05) is 24.3 Å². The van der Waals surface area contributed by atoms with E-state index >= 15 is 0 Å². The smallest absolute Gasteiger partial charge is 0.197 e. The highest BCUT2D eigenvalue weighted by Gasteiger charge is 2.05. The predicted molar refractivity (Wildman–Crippen MR) is 54.4 cm³/mol. The van der Waals surface area contributed by atoms with Crippen LogP contribution in [-0.4, -0.2) is 15.1 Å². The van der Waals surface area contributed by atoms with Gasteiger partial charge in [-0.15, -0.1) is 0 Å². The summed E-state index contributed by atoms with van der Waals surface area (Å²) in [5, 5.41) is 9.12. The number of nitrogens with two attached hydrogens (primary N) is 1. The van der Waals surface area contributed by atoms with Crippen molar-refractivity contribution in [2.75, 3.05) is 5.73 Å². The molecule has 0 spiro atoms. The first-order valence-electron chi connectivity index (χ1n) is 4.31. The molecule has 4 nitrogen and oxygen atoms in total. The Morgan fingerprint density at radius 3 is 2.79 bits per heavy atom. The minimum absolute atomic E-state index is 0.00903. The van der Waals surface area contributed by atoms with Crippen LogP contribution in [0.25, 0.3) is 11.3 Å². The molecular formula is C10H11N3O. The zero-order valence-electron chi connectivity index (χ0n) is 7.57. The Bertz CT molecular complexity index is 436. The van der Waals surface area contributed by atoms with E-state index in [0.717, 1.165) is 16.8 Å². The summed E-state index contributed by atoms with van der Waals surface area (Å²) in [5.41, 5.74) is 8.09. The van der Waals surface area contributed by atoms with Crippen molar-refractivity contribution in [3.8, 4) is 11.3 Å². The second-order valence-electron chi connectivity index (χ2n) is 3.00. The monoisotopic (exact) mass is 189 g/mol. The number of nitrogen functional groups attached to an aromatic ring is 1. The van der Waals surface area contributed by atoms with Gasteiger partial charge in [0, 0.05) is 5.56 Å². The van der Waals surface area contributed by atoms with Crippen LogP contribution in [0.3, 0.4) is 0 Å². The van der Waals surface area contributed by atoms with Crippen LogP contribution in [0.4, 0.5) is 5.95 Å². The number of aliphatic hydroxyl groups is 1. The SMILES string of the molecule is Nc1ncc(-c2ccccc2CO)[nH]1. The molecule has 0 radical (unpaired) electrons. The maximum absolute atomic E-state index is 9.12. The zero-order valence-corrected chi connectivity index (χ0v) is 7.57. The van der Waals surface area contributed by atoms with E-state index in [0.29, 0.717) is 5.95 Å². The molecule has 4 heteroatoms. The van der Waals surface area contributed by atoms with Crippen LogP contribution in [0.15, 0.2) is 30.5 Å². The standard InChI is InChI=1S/C10H11N3O/c11-10-12-5-9(13-10)8-4-2-1-3-7(8)6-14/h1-5,14H,6H2,(H3,11,12,13). The van der Waals surface area contributed by atoms with Gasteiger partial charge in [-0.3, -0.25) is 0 Å². The number of nitrogens with one attached hydrogen (secondary N) is 1. The third-order valence-corrected chi connectivity index (χ3v) is 2.07. The number of hydrogen-bond acceptors (Lipinski definition) is 3. The van der Waals surface area contributed by atoms with Crippen molar-refractivity contribution >= 4 is 5.95 Å². The highest BCUT2D eigenvalue weighted by atomic mass is 16.3. The van der Waals surface area contributed by atoms with E-state index in [-0.39, 0.29) is 6.61 Å². The third-order valence-electron chi connectivity index (χ3n) is 2.07. The van der Waals surface area contributed by atoms with Crippen LogP contribution in [0.2, 0.25) is 0 Å². The van der Waals surface area contributed by atoms with Crippen molar-refractivity contribution in [3.05, 3.63) is 36.0 Å². The molecule has 1 heterocycles. The first-order valence-corrected chi connectivity index (χ1v) is 4.31. The average molecular weight is 189 g/mol. The molecule has 0 aliphatic heterocycles. The van der Waals surface area contributed by atoms with Crippen molar-refractivity contribution in [3.63, 3.8) is 0 Å². The Morgan fingerprint density at radius 2 is 2.14 bits per heavy atom. The van der Waals surface area contributed by atoms with Crippen molar-refractivity contribution in [2.45, 2.75) is 6.61 Å². The number of nitrogens with zero attached hydrogens (tertiary/aromatic N) is 1. The minimum Gasteiger partial charge on any atom is -0.392 e. The van der Waals surface area contributed by atoms with Gasteiger partial charge in [0.25, 0.3) is 0 Å². The lowest BCUT2D eigenvalue weighted by Gasteiger charge is -2.03. The molecule has 4 N–H and O–H groups in total. The average Bonchev–Trinajstić information content (AvgIpc) is 2.65. The normalized spacial score (nSPS) is 10.4. The Labute approximate surface area is 81.4 Å². The van der Waals surface area contributed by atoms with Crippen molar-refractivity contribution in [1.29, 1.82) is 0 Å². The third kappa shape index (κ3) is 1.47. The molecule has 2 aromatic rings. The Balaban J connectivity index is 2.50. The van der Waals surface area contributed by atoms with E-state index in [1.165, 1.54) is 0 Å². The first-order chi connectivity index (χ1) is 6.81.